The molecule has 2 aromatic rings. The maximum Gasteiger partial charge on any atom is 0.170 e. The number of nitrogen functional groups attached to an aromatic ring is 1. The lowest BCUT2D eigenvalue weighted by molar-refractivity contribution is 0.542. The molecule has 0 spiro atoms. The van der Waals surface area contributed by atoms with Gasteiger partial charge in [-0.1, -0.05) is 26.0 Å². The maximum absolute atomic E-state index is 13.6. The molecule has 0 atom stereocenters. The highest BCUT2D eigenvalue weighted by Crippen LogP contribution is 2.29. The summed E-state index contributed by atoms with van der Waals surface area (Å²) in [6.45, 7) is 6.02. The Kier molecular flexibility index (Phi) is 3.14. The zero-order chi connectivity index (χ0) is 13.5. The standard InChI is InChI=1S/C12H14BrFN4/c1-12(2,3)10-11(15)16-17-18(10)7-4-5-8(13)9(14)6-7/h4-6H,15H2,1-3H3. The lowest BCUT2D eigenvalue weighted by Crippen LogP contribution is -2.19. The van der Waals surface area contributed by atoms with Crippen LogP contribution in [-0.2, 0) is 5.41 Å². The van der Waals surface area contributed by atoms with Crippen LogP contribution in [0.25, 0.3) is 5.69 Å². The molecular formula is C12H14BrFN4. The van der Waals surface area contributed by atoms with Gasteiger partial charge in [0.2, 0.25) is 0 Å². The predicted octanol–water partition coefficient (Wildman–Crippen LogP) is 3.05. The van der Waals surface area contributed by atoms with Gasteiger partial charge in [-0.05, 0) is 28.1 Å². The summed E-state index contributed by atoms with van der Waals surface area (Å²) in [5.74, 6) is 0.0206. The Labute approximate surface area is 113 Å². The highest BCUT2D eigenvalue weighted by atomic mass is 79.9. The number of nitrogens with zero attached hydrogens (tertiary/aromatic N) is 3. The topological polar surface area (TPSA) is 56.7 Å². The second kappa shape index (κ2) is 4.35. The van der Waals surface area contributed by atoms with Gasteiger partial charge < -0.3 is 5.73 Å². The van der Waals surface area contributed by atoms with Crippen LogP contribution in [0.4, 0.5) is 10.2 Å². The normalized spacial score (nSPS) is 11.8. The number of nitrogens with two attached hydrogens (primary N) is 1. The van der Waals surface area contributed by atoms with Gasteiger partial charge in [-0.3, -0.25) is 0 Å². The van der Waals surface area contributed by atoms with Crippen molar-refractivity contribution in [3.63, 3.8) is 0 Å². The largest absolute Gasteiger partial charge is 0.381 e. The molecule has 4 nitrogen and oxygen atoms in total. The molecule has 96 valence electrons. The van der Waals surface area contributed by atoms with E-state index >= 15 is 0 Å². The van der Waals surface area contributed by atoms with Gasteiger partial charge in [-0.15, -0.1) is 5.10 Å². The van der Waals surface area contributed by atoms with Gasteiger partial charge in [0, 0.05) is 11.5 Å². The van der Waals surface area contributed by atoms with Crippen LogP contribution in [0.3, 0.4) is 0 Å². The molecule has 1 aromatic heterocycles. The number of hydrogen-bond acceptors (Lipinski definition) is 3. The first-order chi connectivity index (χ1) is 8.30. The zero-order valence-corrected chi connectivity index (χ0v) is 12.0. The molecule has 0 radical (unpaired) electrons. The minimum absolute atomic E-state index is 0.225. The van der Waals surface area contributed by atoms with E-state index in [1.807, 2.05) is 20.8 Å². The van der Waals surface area contributed by atoms with Gasteiger partial charge in [-0.2, -0.15) is 0 Å². The molecular weight excluding hydrogens is 299 g/mol. The van der Waals surface area contributed by atoms with Gasteiger partial charge in [0.05, 0.1) is 15.9 Å². The Bertz CT molecular complexity index is 586. The molecule has 0 aliphatic rings. The van der Waals surface area contributed by atoms with Crippen molar-refractivity contribution in [1.29, 1.82) is 0 Å². The second-order valence-electron chi connectivity index (χ2n) is 5.08. The van der Waals surface area contributed by atoms with E-state index < -0.39 is 0 Å². The van der Waals surface area contributed by atoms with Crippen LogP contribution in [-0.4, -0.2) is 15.0 Å². The Hall–Kier alpha value is -1.43. The van der Waals surface area contributed by atoms with Crippen molar-refractivity contribution >= 4 is 21.7 Å². The average molecular weight is 313 g/mol. The zero-order valence-electron chi connectivity index (χ0n) is 10.4. The van der Waals surface area contributed by atoms with Crippen LogP contribution in [0.5, 0.6) is 0 Å². The van der Waals surface area contributed by atoms with Gasteiger partial charge in [0.25, 0.3) is 0 Å². The van der Waals surface area contributed by atoms with Crippen LogP contribution in [0.2, 0.25) is 0 Å². The molecule has 0 unspecified atom stereocenters. The predicted molar refractivity (Wildman–Crippen MR) is 72.1 cm³/mol. The lowest BCUT2D eigenvalue weighted by atomic mass is 9.91. The number of halogens is 2. The summed E-state index contributed by atoms with van der Waals surface area (Å²) in [5.41, 5.74) is 6.98. The summed E-state index contributed by atoms with van der Waals surface area (Å²) < 4.78 is 15.5. The molecule has 6 heteroatoms. The molecule has 0 saturated heterocycles. The van der Waals surface area contributed by atoms with Crippen LogP contribution in [0, 0.1) is 5.82 Å². The van der Waals surface area contributed by atoms with E-state index in [0.717, 1.165) is 5.69 Å². The molecule has 1 aromatic carbocycles. The van der Waals surface area contributed by atoms with Crippen LogP contribution < -0.4 is 5.73 Å². The van der Waals surface area contributed by atoms with Crippen LogP contribution in [0.15, 0.2) is 22.7 Å². The smallest absolute Gasteiger partial charge is 0.170 e. The summed E-state index contributed by atoms with van der Waals surface area (Å²) in [6, 6.07) is 4.79. The first-order valence-corrected chi connectivity index (χ1v) is 6.27. The number of hydrogen-bond donors (Lipinski definition) is 1. The molecule has 1 heterocycles. The summed E-state index contributed by atoms with van der Waals surface area (Å²) in [4.78, 5) is 0. The number of aromatic nitrogens is 3. The first-order valence-electron chi connectivity index (χ1n) is 5.48. The maximum atomic E-state index is 13.6. The summed E-state index contributed by atoms with van der Waals surface area (Å²) in [7, 11) is 0. The Morgan fingerprint density at radius 1 is 1.33 bits per heavy atom. The van der Waals surface area contributed by atoms with Gasteiger partial charge in [0.15, 0.2) is 5.82 Å². The second-order valence-corrected chi connectivity index (χ2v) is 5.94. The van der Waals surface area contributed by atoms with E-state index in [2.05, 4.69) is 26.2 Å². The van der Waals surface area contributed by atoms with E-state index in [9.17, 15) is 4.39 Å². The fourth-order valence-corrected chi connectivity index (χ4v) is 2.04. The highest BCUT2D eigenvalue weighted by Gasteiger charge is 2.25. The van der Waals surface area contributed by atoms with Crippen LogP contribution >= 0.6 is 15.9 Å². The number of anilines is 1. The highest BCUT2D eigenvalue weighted by molar-refractivity contribution is 9.10. The molecule has 0 bridgehead atoms. The van der Waals surface area contributed by atoms with Crippen molar-refractivity contribution in [3.05, 3.63) is 34.2 Å². The molecule has 18 heavy (non-hydrogen) atoms. The van der Waals surface area contributed by atoms with E-state index in [4.69, 9.17) is 5.73 Å². The lowest BCUT2D eigenvalue weighted by Gasteiger charge is -2.20. The van der Waals surface area contributed by atoms with E-state index in [-0.39, 0.29) is 11.2 Å². The fourth-order valence-electron chi connectivity index (χ4n) is 1.79. The molecule has 0 amide bonds. The molecule has 2 N–H and O–H groups in total. The van der Waals surface area contributed by atoms with Crippen molar-refractivity contribution in [2.45, 2.75) is 26.2 Å². The third-order valence-corrected chi connectivity index (χ3v) is 3.20. The average Bonchev–Trinajstić information content (AvgIpc) is 2.64. The monoisotopic (exact) mass is 312 g/mol. The fraction of sp³-hybridized carbons (Fsp3) is 0.333. The third kappa shape index (κ3) is 2.25. The van der Waals surface area contributed by atoms with E-state index in [1.54, 1.807) is 16.8 Å². The quantitative estimate of drug-likeness (QED) is 0.880. The number of benzene rings is 1. The summed E-state index contributed by atoms with van der Waals surface area (Å²) in [6.07, 6.45) is 0. The minimum Gasteiger partial charge on any atom is -0.381 e. The molecule has 0 aliphatic heterocycles. The van der Waals surface area contributed by atoms with Crippen molar-refractivity contribution < 1.29 is 4.39 Å². The minimum atomic E-state index is -0.346. The number of rotatable bonds is 1. The summed E-state index contributed by atoms with van der Waals surface area (Å²) in [5, 5.41) is 7.85. The van der Waals surface area contributed by atoms with Crippen molar-refractivity contribution in [2.24, 2.45) is 0 Å². The molecule has 0 aliphatic carbocycles. The van der Waals surface area contributed by atoms with Crippen molar-refractivity contribution in [3.8, 4) is 5.69 Å². The molecule has 0 fully saturated rings. The van der Waals surface area contributed by atoms with Crippen molar-refractivity contribution in [2.75, 3.05) is 5.73 Å². The summed E-state index contributed by atoms with van der Waals surface area (Å²) >= 11 is 3.12. The van der Waals surface area contributed by atoms with Crippen LogP contribution in [0.1, 0.15) is 26.5 Å². The Morgan fingerprint density at radius 2 is 2.00 bits per heavy atom. The first kappa shape index (κ1) is 13.0. The molecule has 2 rings (SSSR count). The van der Waals surface area contributed by atoms with E-state index in [1.165, 1.54) is 6.07 Å². The van der Waals surface area contributed by atoms with Gasteiger partial charge in [0.1, 0.15) is 5.82 Å². The SMILES string of the molecule is CC(C)(C)c1c(N)nnn1-c1ccc(Br)c(F)c1. The van der Waals surface area contributed by atoms with Gasteiger partial charge >= 0.3 is 0 Å². The van der Waals surface area contributed by atoms with Crippen molar-refractivity contribution in [1.82, 2.24) is 15.0 Å². The Balaban J connectivity index is 2.61. The Morgan fingerprint density at radius 3 is 2.56 bits per heavy atom. The third-order valence-electron chi connectivity index (χ3n) is 2.55. The molecule has 0 saturated carbocycles. The van der Waals surface area contributed by atoms with Gasteiger partial charge in [-0.25, -0.2) is 9.07 Å². The van der Waals surface area contributed by atoms with E-state index in [0.29, 0.717) is 16.0 Å².